The summed E-state index contributed by atoms with van der Waals surface area (Å²) in [5.74, 6) is 0.751. The maximum Gasteiger partial charge on any atom is 0.373 e. The molecule has 1 fully saturated rings. The molecule has 4 rings (SSSR count). The first-order valence-corrected chi connectivity index (χ1v) is 9.44. The third kappa shape index (κ3) is 4.49. The maximum absolute atomic E-state index is 11.8. The van der Waals surface area contributed by atoms with E-state index in [1.807, 2.05) is 29.2 Å². The van der Waals surface area contributed by atoms with Crippen LogP contribution in [0.25, 0.3) is 0 Å². The zero-order valence-electron chi connectivity index (χ0n) is 15.8. The van der Waals surface area contributed by atoms with Crippen molar-refractivity contribution >= 4 is 11.5 Å². The Morgan fingerprint density at radius 2 is 1.59 bits per heavy atom. The summed E-state index contributed by atoms with van der Waals surface area (Å²) < 4.78 is 5.67. The van der Waals surface area contributed by atoms with Crippen molar-refractivity contribution in [2.45, 2.75) is 6.54 Å². The fourth-order valence-corrected chi connectivity index (χ4v) is 3.38. The molecule has 1 saturated heterocycles. The van der Waals surface area contributed by atoms with Crippen molar-refractivity contribution in [1.29, 1.82) is 0 Å². The largest absolute Gasteiger partial charge is 0.434 e. The lowest BCUT2D eigenvalue weighted by atomic mass is 10.2. The van der Waals surface area contributed by atoms with Crippen molar-refractivity contribution in [3.63, 3.8) is 0 Å². The van der Waals surface area contributed by atoms with Gasteiger partial charge in [-0.25, -0.2) is 4.98 Å². The molecule has 1 aliphatic rings. The molecule has 2 heterocycles. The minimum absolute atomic E-state index is 0.0436. The van der Waals surface area contributed by atoms with Gasteiger partial charge < -0.3 is 9.64 Å². The van der Waals surface area contributed by atoms with E-state index in [2.05, 4.69) is 27.0 Å². The van der Waals surface area contributed by atoms with E-state index in [-0.39, 0.29) is 11.6 Å². The van der Waals surface area contributed by atoms with E-state index >= 15 is 0 Å². The van der Waals surface area contributed by atoms with Gasteiger partial charge in [0.05, 0.1) is 4.92 Å². The summed E-state index contributed by atoms with van der Waals surface area (Å²) in [4.78, 5) is 23.8. The topological polar surface area (TPSA) is 84.6 Å². The van der Waals surface area contributed by atoms with Crippen molar-refractivity contribution in [3.05, 3.63) is 82.7 Å². The molecular formula is C21H21N5O3. The van der Waals surface area contributed by atoms with Crippen molar-refractivity contribution < 1.29 is 9.66 Å². The Morgan fingerprint density at radius 1 is 0.931 bits per heavy atom. The highest BCUT2D eigenvalue weighted by Gasteiger charge is 2.30. The number of nitrogens with zero attached hydrogens (tertiary/aromatic N) is 5. The molecule has 0 bridgehead atoms. The molecule has 0 unspecified atom stereocenters. The Bertz CT molecular complexity index is 961. The predicted molar refractivity (Wildman–Crippen MR) is 109 cm³/mol. The highest BCUT2D eigenvalue weighted by atomic mass is 16.6. The number of hydrogen-bond donors (Lipinski definition) is 0. The molecule has 0 amide bonds. The Kier molecular flexibility index (Phi) is 5.62. The lowest BCUT2D eigenvalue weighted by molar-refractivity contribution is -0.385. The summed E-state index contributed by atoms with van der Waals surface area (Å²) in [5, 5.41) is 11.8. The molecule has 8 heteroatoms. The molecule has 2 aromatic carbocycles. The SMILES string of the molecule is O=[N+]([O-])c1c(Oc2ccccc2)ncnc1N1CCN(Cc2ccccc2)CC1. The van der Waals surface area contributed by atoms with Crippen LogP contribution in [-0.2, 0) is 6.54 Å². The van der Waals surface area contributed by atoms with Crippen molar-refractivity contribution in [2.24, 2.45) is 0 Å². The summed E-state index contributed by atoms with van der Waals surface area (Å²) in [5.41, 5.74) is 1.06. The molecule has 29 heavy (non-hydrogen) atoms. The highest BCUT2D eigenvalue weighted by Crippen LogP contribution is 2.36. The van der Waals surface area contributed by atoms with Gasteiger partial charge in [-0.1, -0.05) is 48.5 Å². The van der Waals surface area contributed by atoms with E-state index in [9.17, 15) is 10.1 Å². The number of nitro groups is 1. The molecule has 8 nitrogen and oxygen atoms in total. The predicted octanol–water partition coefficient (Wildman–Crippen LogP) is 3.50. The summed E-state index contributed by atoms with van der Waals surface area (Å²) in [6.07, 6.45) is 1.32. The minimum Gasteiger partial charge on any atom is -0.434 e. The lowest BCUT2D eigenvalue weighted by Gasteiger charge is -2.35. The molecule has 1 aromatic heterocycles. The minimum atomic E-state index is -0.468. The van der Waals surface area contributed by atoms with Crippen LogP contribution in [0.5, 0.6) is 11.6 Å². The molecule has 3 aromatic rings. The van der Waals surface area contributed by atoms with Gasteiger partial charge in [0, 0.05) is 32.7 Å². The standard InChI is InChI=1S/C21H21N5O3/c27-26(28)19-20(22-16-23-21(19)29-18-9-5-2-6-10-18)25-13-11-24(12-14-25)15-17-7-3-1-4-8-17/h1-10,16H,11-15H2. The summed E-state index contributed by atoms with van der Waals surface area (Å²) in [6.45, 7) is 3.75. The number of ether oxygens (including phenoxy) is 1. The van der Waals surface area contributed by atoms with Crippen LogP contribution < -0.4 is 9.64 Å². The van der Waals surface area contributed by atoms with Gasteiger partial charge in [0.2, 0.25) is 5.82 Å². The van der Waals surface area contributed by atoms with Crippen LogP contribution in [-0.4, -0.2) is 46.0 Å². The monoisotopic (exact) mass is 391 g/mol. The second-order valence-electron chi connectivity index (χ2n) is 6.77. The first kappa shape index (κ1) is 18.8. The maximum atomic E-state index is 11.8. The Hall–Kier alpha value is -3.52. The van der Waals surface area contributed by atoms with Crippen LogP contribution >= 0.6 is 0 Å². The number of hydrogen-bond acceptors (Lipinski definition) is 7. The first-order chi connectivity index (χ1) is 14.2. The number of para-hydroxylation sites is 1. The molecule has 0 radical (unpaired) electrons. The van der Waals surface area contributed by atoms with E-state index in [4.69, 9.17) is 4.74 Å². The van der Waals surface area contributed by atoms with Gasteiger partial charge in [0.15, 0.2) is 0 Å². The number of benzene rings is 2. The van der Waals surface area contributed by atoms with Crippen LogP contribution in [0.1, 0.15) is 5.56 Å². The molecule has 0 N–H and O–H groups in total. The molecule has 0 spiro atoms. The number of piperazine rings is 1. The van der Waals surface area contributed by atoms with Crippen LogP contribution in [0, 0.1) is 10.1 Å². The fraction of sp³-hybridized carbons (Fsp3) is 0.238. The molecule has 1 aliphatic heterocycles. The Labute approximate surface area is 168 Å². The van der Waals surface area contributed by atoms with E-state index in [1.165, 1.54) is 11.9 Å². The Morgan fingerprint density at radius 3 is 2.24 bits per heavy atom. The first-order valence-electron chi connectivity index (χ1n) is 9.44. The van der Waals surface area contributed by atoms with E-state index in [0.717, 1.165) is 19.6 Å². The van der Waals surface area contributed by atoms with Gasteiger partial charge in [-0.15, -0.1) is 0 Å². The van der Waals surface area contributed by atoms with Crippen molar-refractivity contribution in [1.82, 2.24) is 14.9 Å². The smallest absolute Gasteiger partial charge is 0.373 e. The molecular weight excluding hydrogens is 370 g/mol. The molecule has 0 atom stereocenters. The molecule has 148 valence electrons. The van der Waals surface area contributed by atoms with Crippen LogP contribution in [0.15, 0.2) is 67.0 Å². The third-order valence-corrected chi connectivity index (χ3v) is 4.83. The number of anilines is 1. The van der Waals surface area contributed by atoms with Gasteiger partial charge in [0.1, 0.15) is 12.1 Å². The van der Waals surface area contributed by atoms with E-state index < -0.39 is 4.92 Å². The summed E-state index contributed by atoms with van der Waals surface area (Å²) in [7, 11) is 0. The second kappa shape index (κ2) is 8.66. The number of aromatic nitrogens is 2. The van der Waals surface area contributed by atoms with E-state index in [0.29, 0.717) is 24.7 Å². The van der Waals surface area contributed by atoms with Crippen LogP contribution in [0.2, 0.25) is 0 Å². The second-order valence-corrected chi connectivity index (χ2v) is 6.77. The Balaban J connectivity index is 1.50. The quantitative estimate of drug-likeness (QED) is 0.470. The lowest BCUT2D eigenvalue weighted by Crippen LogP contribution is -2.46. The van der Waals surface area contributed by atoms with Gasteiger partial charge >= 0.3 is 11.6 Å². The highest BCUT2D eigenvalue weighted by molar-refractivity contribution is 5.63. The zero-order valence-corrected chi connectivity index (χ0v) is 15.8. The molecule has 0 saturated carbocycles. The number of rotatable bonds is 6. The normalized spacial score (nSPS) is 14.6. The summed E-state index contributed by atoms with van der Waals surface area (Å²) >= 11 is 0. The van der Waals surface area contributed by atoms with Gasteiger partial charge in [-0.3, -0.25) is 15.0 Å². The van der Waals surface area contributed by atoms with Crippen molar-refractivity contribution in [2.75, 3.05) is 31.1 Å². The van der Waals surface area contributed by atoms with Crippen molar-refractivity contribution in [3.8, 4) is 11.6 Å². The van der Waals surface area contributed by atoms with Gasteiger partial charge in [-0.05, 0) is 17.7 Å². The van der Waals surface area contributed by atoms with Gasteiger partial charge in [-0.2, -0.15) is 4.98 Å². The van der Waals surface area contributed by atoms with Crippen LogP contribution in [0.3, 0.4) is 0 Å². The van der Waals surface area contributed by atoms with Crippen LogP contribution in [0.4, 0.5) is 11.5 Å². The van der Waals surface area contributed by atoms with Gasteiger partial charge in [0.25, 0.3) is 0 Å². The third-order valence-electron chi connectivity index (χ3n) is 4.83. The fourth-order valence-electron chi connectivity index (χ4n) is 3.38. The summed E-state index contributed by atoms with van der Waals surface area (Å²) in [6, 6.07) is 19.2. The van der Waals surface area contributed by atoms with E-state index in [1.54, 1.807) is 24.3 Å². The molecule has 0 aliphatic carbocycles. The average molecular weight is 391 g/mol. The average Bonchev–Trinajstić information content (AvgIpc) is 2.75. The zero-order chi connectivity index (χ0) is 20.1.